The Morgan fingerprint density at radius 2 is 1.95 bits per heavy atom. The molecule has 0 aliphatic carbocycles. The summed E-state index contributed by atoms with van der Waals surface area (Å²) in [6, 6.07) is 17.0. The number of aryl methyl sites for hydroxylation is 1. The van der Waals surface area contributed by atoms with Crippen molar-refractivity contribution in [1.29, 1.82) is 0 Å². The van der Waals surface area contributed by atoms with Gasteiger partial charge in [0, 0.05) is 17.5 Å². The van der Waals surface area contributed by atoms with E-state index in [1.54, 1.807) is 12.1 Å². The fraction of sp³-hybridized carbons (Fsp3) is 0.111. The van der Waals surface area contributed by atoms with Crippen LogP contribution in [0.5, 0.6) is 0 Å². The summed E-state index contributed by atoms with van der Waals surface area (Å²) in [5, 5.41) is 4.29. The van der Waals surface area contributed by atoms with Crippen LogP contribution in [0.15, 0.2) is 54.6 Å². The fourth-order valence-electron chi connectivity index (χ4n) is 2.33. The van der Waals surface area contributed by atoms with Gasteiger partial charge in [0.1, 0.15) is 5.15 Å². The van der Waals surface area contributed by atoms with Crippen molar-refractivity contribution in [3.05, 3.63) is 76.4 Å². The van der Waals surface area contributed by atoms with Gasteiger partial charge in [0.25, 0.3) is 5.91 Å². The number of hydrogen-bond donors (Lipinski definition) is 1. The number of pyridine rings is 1. The number of halogens is 1. The third-order valence-electron chi connectivity index (χ3n) is 3.62. The Balaban J connectivity index is 1.77. The van der Waals surface area contributed by atoms with E-state index in [2.05, 4.69) is 10.3 Å². The average molecular weight is 311 g/mol. The minimum absolute atomic E-state index is 0.0971. The summed E-state index contributed by atoms with van der Waals surface area (Å²) < 4.78 is 0. The second-order valence-corrected chi connectivity index (χ2v) is 5.54. The summed E-state index contributed by atoms with van der Waals surface area (Å²) >= 11 is 5.86. The molecular weight excluding hydrogens is 296 g/mol. The molecule has 0 aliphatic heterocycles. The van der Waals surface area contributed by atoms with Crippen LogP contribution in [-0.2, 0) is 6.54 Å². The van der Waals surface area contributed by atoms with Crippen molar-refractivity contribution in [2.45, 2.75) is 13.5 Å². The average Bonchev–Trinajstić information content (AvgIpc) is 2.53. The maximum atomic E-state index is 12.3. The summed E-state index contributed by atoms with van der Waals surface area (Å²) in [6.07, 6.45) is 0. The summed E-state index contributed by atoms with van der Waals surface area (Å²) in [5.41, 5.74) is 3.68. The van der Waals surface area contributed by atoms with Crippen LogP contribution in [0.2, 0.25) is 5.15 Å². The van der Waals surface area contributed by atoms with Crippen LogP contribution in [0.25, 0.3) is 10.9 Å². The van der Waals surface area contributed by atoms with Crippen LogP contribution < -0.4 is 5.32 Å². The molecule has 0 saturated carbocycles. The maximum Gasteiger partial charge on any atom is 0.251 e. The molecule has 0 bridgehead atoms. The molecule has 1 heterocycles. The normalized spacial score (nSPS) is 10.6. The molecule has 110 valence electrons. The summed E-state index contributed by atoms with van der Waals surface area (Å²) in [4.78, 5) is 16.5. The highest BCUT2D eigenvalue weighted by molar-refractivity contribution is 6.29. The van der Waals surface area contributed by atoms with Crippen LogP contribution in [-0.4, -0.2) is 10.9 Å². The van der Waals surface area contributed by atoms with Gasteiger partial charge in [0.15, 0.2) is 0 Å². The van der Waals surface area contributed by atoms with E-state index in [1.165, 1.54) is 5.56 Å². The molecule has 0 saturated heterocycles. The number of carbonyl (C=O) groups excluding carboxylic acids is 1. The second-order valence-electron chi connectivity index (χ2n) is 5.15. The minimum Gasteiger partial charge on any atom is -0.348 e. The van der Waals surface area contributed by atoms with Crippen molar-refractivity contribution in [1.82, 2.24) is 10.3 Å². The van der Waals surface area contributed by atoms with Gasteiger partial charge in [-0.3, -0.25) is 4.79 Å². The minimum atomic E-state index is -0.0971. The molecule has 0 fully saturated rings. The standard InChI is InChI=1S/C18H15ClN2O/c1-12-4-2-3-5-15(12)11-20-18(22)14-6-8-16-13(10-14)7-9-17(19)21-16/h2-10H,11H2,1H3,(H,20,22). The largest absolute Gasteiger partial charge is 0.348 e. The smallest absolute Gasteiger partial charge is 0.251 e. The molecular formula is C18H15ClN2O. The highest BCUT2D eigenvalue weighted by atomic mass is 35.5. The molecule has 3 rings (SSSR count). The monoisotopic (exact) mass is 310 g/mol. The van der Waals surface area contributed by atoms with E-state index in [9.17, 15) is 4.79 Å². The molecule has 2 aromatic carbocycles. The topological polar surface area (TPSA) is 42.0 Å². The number of rotatable bonds is 3. The third kappa shape index (κ3) is 3.10. The van der Waals surface area contributed by atoms with Crippen LogP contribution in [0, 0.1) is 6.92 Å². The van der Waals surface area contributed by atoms with Crippen molar-refractivity contribution in [3.63, 3.8) is 0 Å². The number of hydrogen-bond acceptors (Lipinski definition) is 2. The van der Waals surface area contributed by atoms with E-state index >= 15 is 0 Å². The second kappa shape index (κ2) is 6.16. The predicted molar refractivity (Wildman–Crippen MR) is 89.1 cm³/mol. The molecule has 0 radical (unpaired) electrons. The summed E-state index contributed by atoms with van der Waals surface area (Å²) in [6.45, 7) is 2.55. The summed E-state index contributed by atoms with van der Waals surface area (Å²) in [7, 11) is 0. The lowest BCUT2D eigenvalue weighted by Crippen LogP contribution is -2.23. The first-order valence-corrected chi connectivity index (χ1v) is 7.40. The number of amides is 1. The van der Waals surface area contributed by atoms with Crippen molar-refractivity contribution in [2.75, 3.05) is 0 Å². The molecule has 4 heteroatoms. The first-order chi connectivity index (χ1) is 10.6. The van der Waals surface area contributed by atoms with Crippen molar-refractivity contribution in [2.24, 2.45) is 0 Å². The van der Waals surface area contributed by atoms with Gasteiger partial charge < -0.3 is 5.32 Å². The molecule has 22 heavy (non-hydrogen) atoms. The first-order valence-electron chi connectivity index (χ1n) is 7.02. The zero-order valence-electron chi connectivity index (χ0n) is 12.1. The lowest BCUT2D eigenvalue weighted by Gasteiger charge is -2.08. The van der Waals surface area contributed by atoms with Crippen LogP contribution in [0.4, 0.5) is 0 Å². The molecule has 1 N–H and O–H groups in total. The Morgan fingerprint density at radius 1 is 1.14 bits per heavy atom. The Hall–Kier alpha value is -2.39. The fourth-order valence-corrected chi connectivity index (χ4v) is 2.48. The Kier molecular flexibility index (Phi) is 4.07. The van der Waals surface area contributed by atoms with E-state index < -0.39 is 0 Å². The highest BCUT2D eigenvalue weighted by Gasteiger charge is 2.07. The molecule has 3 aromatic rings. The van der Waals surface area contributed by atoms with E-state index in [4.69, 9.17) is 11.6 Å². The molecule has 1 amide bonds. The zero-order valence-corrected chi connectivity index (χ0v) is 12.9. The van der Waals surface area contributed by atoms with Crippen LogP contribution >= 0.6 is 11.6 Å². The number of benzene rings is 2. The van der Waals surface area contributed by atoms with Gasteiger partial charge in [-0.15, -0.1) is 0 Å². The van der Waals surface area contributed by atoms with Crippen LogP contribution in [0.3, 0.4) is 0 Å². The molecule has 0 aliphatic rings. The number of nitrogens with zero attached hydrogens (tertiary/aromatic N) is 1. The predicted octanol–water partition coefficient (Wildman–Crippen LogP) is 4.13. The van der Waals surface area contributed by atoms with Gasteiger partial charge in [0.05, 0.1) is 5.52 Å². The Labute approximate surface area is 133 Å². The zero-order chi connectivity index (χ0) is 15.5. The van der Waals surface area contributed by atoms with E-state index in [0.717, 1.165) is 16.5 Å². The SMILES string of the molecule is Cc1ccccc1CNC(=O)c1ccc2nc(Cl)ccc2c1. The highest BCUT2D eigenvalue weighted by Crippen LogP contribution is 2.17. The maximum absolute atomic E-state index is 12.3. The molecule has 3 nitrogen and oxygen atoms in total. The molecule has 0 unspecified atom stereocenters. The lowest BCUT2D eigenvalue weighted by molar-refractivity contribution is 0.0951. The molecule has 0 atom stereocenters. The van der Waals surface area contributed by atoms with Gasteiger partial charge in [-0.1, -0.05) is 35.9 Å². The number of nitrogens with one attached hydrogen (secondary N) is 1. The third-order valence-corrected chi connectivity index (χ3v) is 3.83. The Morgan fingerprint density at radius 3 is 2.77 bits per heavy atom. The number of aromatic nitrogens is 1. The Bertz CT molecular complexity index is 845. The first kappa shape index (κ1) is 14.5. The van der Waals surface area contributed by atoms with Gasteiger partial charge in [-0.05, 0) is 48.4 Å². The molecule has 0 spiro atoms. The number of carbonyl (C=O) groups is 1. The van der Waals surface area contributed by atoms with Gasteiger partial charge >= 0.3 is 0 Å². The summed E-state index contributed by atoms with van der Waals surface area (Å²) in [5.74, 6) is -0.0971. The van der Waals surface area contributed by atoms with Crippen molar-refractivity contribution >= 4 is 28.4 Å². The number of fused-ring (bicyclic) bond motifs is 1. The van der Waals surface area contributed by atoms with Gasteiger partial charge in [-0.25, -0.2) is 4.98 Å². The van der Waals surface area contributed by atoms with Gasteiger partial charge in [0.2, 0.25) is 0 Å². The molecule has 1 aromatic heterocycles. The van der Waals surface area contributed by atoms with Crippen molar-refractivity contribution < 1.29 is 4.79 Å². The van der Waals surface area contributed by atoms with E-state index in [-0.39, 0.29) is 5.91 Å². The van der Waals surface area contributed by atoms with Crippen LogP contribution in [0.1, 0.15) is 21.5 Å². The van der Waals surface area contributed by atoms with Gasteiger partial charge in [-0.2, -0.15) is 0 Å². The van der Waals surface area contributed by atoms with Crippen molar-refractivity contribution in [3.8, 4) is 0 Å². The lowest BCUT2D eigenvalue weighted by atomic mass is 10.1. The van der Waals surface area contributed by atoms with E-state index in [1.807, 2.05) is 49.4 Å². The quantitative estimate of drug-likeness (QED) is 0.739. The van der Waals surface area contributed by atoms with E-state index in [0.29, 0.717) is 17.3 Å².